The van der Waals surface area contributed by atoms with Gasteiger partial charge in [0.05, 0.1) is 5.02 Å². The fourth-order valence-corrected chi connectivity index (χ4v) is 2.98. The number of halogens is 3. The number of aryl methyl sites for hydroxylation is 1. The van der Waals surface area contributed by atoms with Crippen LogP contribution in [0.4, 0.5) is 0 Å². The summed E-state index contributed by atoms with van der Waals surface area (Å²) in [6.45, 7) is 0. The Labute approximate surface area is 132 Å². The molecule has 2 rings (SSSR count). The first-order valence-electron chi connectivity index (χ1n) is 5.93. The molecule has 0 bridgehead atoms. The van der Waals surface area contributed by atoms with Crippen LogP contribution in [0.1, 0.15) is 17.7 Å². The molecule has 0 radical (unpaired) electrons. The van der Waals surface area contributed by atoms with Crippen molar-refractivity contribution < 1.29 is 4.74 Å². The van der Waals surface area contributed by atoms with E-state index >= 15 is 0 Å². The molecule has 0 fully saturated rings. The van der Waals surface area contributed by atoms with Crippen molar-refractivity contribution in [2.45, 2.75) is 24.8 Å². The number of hydrogen-bond donors (Lipinski definition) is 0. The highest BCUT2D eigenvalue weighted by molar-refractivity contribution is 7.09. The average molecular weight is 336 g/mol. The van der Waals surface area contributed by atoms with Gasteiger partial charge < -0.3 is 4.74 Å². The monoisotopic (exact) mass is 334 g/mol. The summed E-state index contributed by atoms with van der Waals surface area (Å²) < 4.78 is 5.60. The fourth-order valence-electron chi connectivity index (χ4n) is 1.66. The molecule has 1 atom stereocenters. The van der Waals surface area contributed by atoms with E-state index in [1.54, 1.807) is 29.5 Å². The van der Waals surface area contributed by atoms with Gasteiger partial charge in [-0.2, -0.15) is 0 Å². The summed E-state index contributed by atoms with van der Waals surface area (Å²) in [6.07, 6.45) is 2.77. The summed E-state index contributed by atoms with van der Waals surface area (Å²) in [6, 6.07) is 9.28. The van der Waals surface area contributed by atoms with Gasteiger partial charge in [-0.25, -0.2) is 0 Å². The fraction of sp³-hybridized carbons (Fsp3) is 0.286. The molecule has 5 heteroatoms. The van der Waals surface area contributed by atoms with E-state index < -0.39 is 5.56 Å². The molecule has 0 amide bonds. The molecule has 102 valence electrons. The third-order valence-corrected chi connectivity index (χ3v) is 4.37. The lowest BCUT2D eigenvalue weighted by molar-refractivity contribution is 0.267. The molecular weight excluding hydrogens is 323 g/mol. The third-order valence-electron chi connectivity index (χ3n) is 2.58. The predicted molar refractivity (Wildman–Crippen MR) is 84.0 cm³/mol. The first kappa shape index (κ1) is 15.0. The van der Waals surface area contributed by atoms with Crippen molar-refractivity contribution in [3.8, 4) is 5.75 Å². The van der Waals surface area contributed by atoms with Gasteiger partial charge in [-0.1, -0.05) is 40.9 Å². The molecule has 19 heavy (non-hydrogen) atoms. The zero-order valence-electron chi connectivity index (χ0n) is 10.1. The van der Waals surface area contributed by atoms with Crippen molar-refractivity contribution in [1.82, 2.24) is 0 Å². The Morgan fingerprint density at radius 3 is 2.79 bits per heavy atom. The number of alkyl halides is 1. The lowest BCUT2D eigenvalue weighted by Gasteiger charge is -2.13. The van der Waals surface area contributed by atoms with Gasteiger partial charge in [-0.05, 0) is 42.8 Å². The molecule has 0 aliphatic heterocycles. The molecule has 1 aromatic carbocycles. The number of thiophene rings is 1. The molecule has 0 aliphatic carbocycles. The van der Waals surface area contributed by atoms with Gasteiger partial charge in [0.25, 0.3) is 0 Å². The van der Waals surface area contributed by atoms with Crippen molar-refractivity contribution >= 4 is 46.1 Å². The van der Waals surface area contributed by atoms with E-state index in [-0.39, 0.29) is 0 Å². The Hall–Kier alpha value is -0.410. The van der Waals surface area contributed by atoms with Gasteiger partial charge in [-0.3, -0.25) is 0 Å². The smallest absolute Gasteiger partial charge is 0.172 e. The van der Waals surface area contributed by atoms with Crippen LogP contribution in [0.2, 0.25) is 10.0 Å². The second kappa shape index (κ2) is 7.39. The quantitative estimate of drug-likeness (QED) is 0.586. The first-order chi connectivity index (χ1) is 9.15. The standard InChI is InChI=1S/C14H13Cl3OS/c15-10-6-7-12(16)13(9-10)18-14(17)5-1-3-11-4-2-8-19-11/h2,4,6-9,14H,1,3,5H2. The molecule has 1 unspecified atom stereocenters. The molecule has 1 nitrogen and oxygen atoms in total. The maximum absolute atomic E-state index is 6.16. The highest BCUT2D eigenvalue weighted by Gasteiger charge is 2.10. The number of hydrogen-bond acceptors (Lipinski definition) is 2. The minimum Gasteiger partial charge on any atom is -0.473 e. The molecule has 1 aromatic heterocycles. The maximum atomic E-state index is 6.16. The number of rotatable bonds is 6. The lowest BCUT2D eigenvalue weighted by Crippen LogP contribution is -2.09. The third kappa shape index (κ3) is 4.88. The Morgan fingerprint density at radius 1 is 1.21 bits per heavy atom. The summed E-state index contributed by atoms with van der Waals surface area (Å²) in [5.74, 6) is 0.533. The zero-order chi connectivity index (χ0) is 13.7. The van der Waals surface area contributed by atoms with Crippen molar-refractivity contribution in [2.24, 2.45) is 0 Å². The molecule has 0 aliphatic rings. The number of ether oxygens (including phenoxy) is 1. The van der Waals surface area contributed by atoms with E-state index in [0.717, 1.165) is 19.3 Å². The van der Waals surface area contributed by atoms with Crippen LogP contribution in [0.5, 0.6) is 5.75 Å². The Bertz CT molecular complexity index is 513. The minimum absolute atomic E-state index is 0.393. The highest BCUT2D eigenvalue weighted by atomic mass is 35.5. The zero-order valence-corrected chi connectivity index (χ0v) is 13.2. The molecule has 0 N–H and O–H groups in total. The summed E-state index contributed by atoms with van der Waals surface area (Å²) >= 11 is 19.8. The second-order valence-corrected chi connectivity index (χ2v) is 6.44. The van der Waals surface area contributed by atoms with E-state index in [1.165, 1.54) is 4.88 Å². The van der Waals surface area contributed by atoms with E-state index in [4.69, 9.17) is 39.5 Å². The maximum Gasteiger partial charge on any atom is 0.172 e. The normalized spacial score (nSPS) is 12.4. The van der Waals surface area contributed by atoms with E-state index in [2.05, 4.69) is 17.5 Å². The van der Waals surface area contributed by atoms with E-state index in [1.807, 2.05) is 0 Å². The van der Waals surface area contributed by atoms with Crippen LogP contribution < -0.4 is 4.74 Å². The van der Waals surface area contributed by atoms with Crippen molar-refractivity contribution in [2.75, 3.05) is 0 Å². The summed E-state index contributed by atoms with van der Waals surface area (Å²) in [5.41, 5.74) is -0.393. The van der Waals surface area contributed by atoms with Crippen molar-refractivity contribution in [3.63, 3.8) is 0 Å². The van der Waals surface area contributed by atoms with Crippen molar-refractivity contribution in [1.29, 1.82) is 0 Å². The minimum atomic E-state index is -0.393. The van der Waals surface area contributed by atoms with Gasteiger partial charge in [0.2, 0.25) is 0 Å². The Morgan fingerprint density at radius 2 is 2.05 bits per heavy atom. The van der Waals surface area contributed by atoms with Gasteiger partial charge in [0, 0.05) is 16.0 Å². The lowest BCUT2D eigenvalue weighted by atomic mass is 10.2. The van der Waals surface area contributed by atoms with Gasteiger partial charge in [0.1, 0.15) is 5.75 Å². The molecule has 1 heterocycles. The van der Waals surface area contributed by atoms with E-state index in [0.29, 0.717) is 15.8 Å². The molecule has 0 saturated heterocycles. The Balaban J connectivity index is 1.80. The van der Waals surface area contributed by atoms with Crippen LogP contribution in [0.3, 0.4) is 0 Å². The van der Waals surface area contributed by atoms with Crippen LogP contribution in [-0.2, 0) is 6.42 Å². The first-order valence-corrected chi connectivity index (χ1v) is 8.00. The van der Waals surface area contributed by atoms with Crippen LogP contribution in [0, 0.1) is 0 Å². The molecule has 2 aromatic rings. The highest BCUT2D eigenvalue weighted by Crippen LogP contribution is 2.29. The van der Waals surface area contributed by atoms with Crippen LogP contribution >= 0.6 is 46.1 Å². The van der Waals surface area contributed by atoms with Gasteiger partial charge >= 0.3 is 0 Å². The van der Waals surface area contributed by atoms with Crippen molar-refractivity contribution in [3.05, 3.63) is 50.6 Å². The van der Waals surface area contributed by atoms with Crippen LogP contribution in [0.15, 0.2) is 35.7 Å². The SMILES string of the molecule is Clc1ccc(Cl)c(OC(Cl)CCCc2cccs2)c1. The average Bonchev–Trinajstić information content (AvgIpc) is 2.87. The summed E-state index contributed by atoms with van der Waals surface area (Å²) in [5, 5.41) is 3.19. The summed E-state index contributed by atoms with van der Waals surface area (Å²) in [4.78, 5) is 1.37. The van der Waals surface area contributed by atoms with E-state index in [9.17, 15) is 0 Å². The second-order valence-electron chi connectivity index (χ2n) is 4.07. The van der Waals surface area contributed by atoms with Crippen LogP contribution in [-0.4, -0.2) is 5.56 Å². The molecule has 0 saturated carbocycles. The largest absolute Gasteiger partial charge is 0.473 e. The van der Waals surface area contributed by atoms with Gasteiger partial charge in [-0.15, -0.1) is 11.3 Å². The van der Waals surface area contributed by atoms with Crippen LogP contribution in [0.25, 0.3) is 0 Å². The molecular formula is C14H13Cl3OS. The summed E-state index contributed by atoms with van der Waals surface area (Å²) in [7, 11) is 0. The topological polar surface area (TPSA) is 9.23 Å². The molecule has 0 spiro atoms. The Kier molecular flexibility index (Phi) is 5.83. The van der Waals surface area contributed by atoms with Gasteiger partial charge in [0.15, 0.2) is 5.56 Å². The number of benzene rings is 1. The predicted octanol–water partition coefficient (Wildman–Crippen LogP) is 6.02.